The minimum absolute atomic E-state index is 0.270. The van der Waals surface area contributed by atoms with Crippen LogP contribution in [-0.4, -0.2) is 15.1 Å². The molecule has 0 saturated heterocycles. The summed E-state index contributed by atoms with van der Waals surface area (Å²) in [6.45, 7) is 6.55. The van der Waals surface area contributed by atoms with Gasteiger partial charge in [-0.1, -0.05) is 47.8 Å². The summed E-state index contributed by atoms with van der Waals surface area (Å²) in [7, 11) is 1.89. The number of hydrogen-bond acceptors (Lipinski definition) is 1. The molecule has 0 N–H and O–H groups in total. The van der Waals surface area contributed by atoms with Gasteiger partial charge in [0, 0.05) is 17.9 Å². The second-order valence-electron chi connectivity index (χ2n) is 4.85. The maximum atomic E-state index is 6.26. The van der Waals surface area contributed by atoms with Crippen LogP contribution in [0.4, 0.5) is 0 Å². The Kier molecular flexibility index (Phi) is 4.87. The summed E-state index contributed by atoms with van der Waals surface area (Å²) < 4.78 is 1.76. The fraction of sp³-hybridized carbons (Fsp3) is 0.750. The number of aromatic nitrogens is 2. The van der Waals surface area contributed by atoms with E-state index in [0.29, 0.717) is 0 Å². The minimum Gasteiger partial charge on any atom is -0.257 e. The molecule has 4 heteroatoms. The molecule has 16 heavy (non-hydrogen) atoms. The molecule has 0 aliphatic heterocycles. The molecule has 1 rings (SSSR count). The molecule has 92 valence electrons. The highest BCUT2D eigenvalue weighted by Crippen LogP contribution is 2.33. The Labute approximate surface area is 111 Å². The van der Waals surface area contributed by atoms with Crippen LogP contribution >= 0.6 is 27.5 Å². The zero-order valence-corrected chi connectivity index (χ0v) is 12.8. The molecule has 0 amide bonds. The lowest BCUT2D eigenvalue weighted by molar-refractivity contribution is 0.340. The average Bonchev–Trinajstić information content (AvgIpc) is 2.46. The van der Waals surface area contributed by atoms with Gasteiger partial charge in [-0.05, 0) is 25.2 Å². The van der Waals surface area contributed by atoms with Crippen molar-refractivity contribution in [1.82, 2.24) is 9.78 Å². The van der Waals surface area contributed by atoms with E-state index < -0.39 is 0 Å². The summed E-state index contributed by atoms with van der Waals surface area (Å²) in [6, 6.07) is 0. The van der Waals surface area contributed by atoms with Gasteiger partial charge in [0.25, 0.3) is 0 Å². The van der Waals surface area contributed by atoms with E-state index in [9.17, 15) is 0 Å². The number of aryl methyl sites for hydroxylation is 2. The highest BCUT2D eigenvalue weighted by atomic mass is 79.9. The molecular formula is C12H20BrClN2. The van der Waals surface area contributed by atoms with E-state index in [4.69, 9.17) is 11.6 Å². The van der Waals surface area contributed by atoms with Gasteiger partial charge in [-0.25, -0.2) is 0 Å². The zero-order chi connectivity index (χ0) is 12.3. The smallest absolute Gasteiger partial charge is 0.130 e. The van der Waals surface area contributed by atoms with Gasteiger partial charge < -0.3 is 0 Å². The molecule has 1 heterocycles. The first-order valence-corrected chi connectivity index (χ1v) is 7.17. The first-order valence-electron chi connectivity index (χ1n) is 5.67. The number of halogens is 2. The topological polar surface area (TPSA) is 17.8 Å². The third kappa shape index (κ3) is 3.01. The first-order chi connectivity index (χ1) is 7.43. The average molecular weight is 308 g/mol. The Balaban J connectivity index is 2.93. The predicted molar refractivity (Wildman–Crippen MR) is 73.5 cm³/mol. The van der Waals surface area contributed by atoms with Gasteiger partial charge in [-0.3, -0.25) is 4.68 Å². The molecule has 1 unspecified atom stereocenters. The van der Waals surface area contributed by atoms with Crippen molar-refractivity contribution in [3.63, 3.8) is 0 Å². The van der Waals surface area contributed by atoms with Gasteiger partial charge in [0.15, 0.2) is 0 Å². The SMILES string of the molecule is CCCC(C)(CBr)Cc1c(C)nn(C)c1Cl. The maximum Gasteiger partial charge on any atom is 0.130 e. The second-order valence-corrected chi connectivity index (χ2v) is 5.77. The first kappa shape index (κ1) is 14.0. The summed E-state index contributed by atoms with van der Waals surface area (Å²) >= 11 is 9.88. The van der Waals surface area contributed by atoms with Crippen molar-refractivity contribution in [3.8, 4) is 0 Å². The van der Waals surface area contributed by atoms with E-state index in [1.165, 1.54) is 18.4 Å². The summed E-state index contributed by atoms with van der Waals surface area (Å²) in [6.07, 6.45) is 3.38. The monoisotopic (exact) mass is 306 g/mol. The quantitative estimate of drug-likeness (QED) is 0.748. The minimum atomic E-state index is 0.270. The van der Waals surface area contributed by atoms with Crippen LogP contribution in [0.3, 0.4) is 0 Å². The number of alkyl halides is 1. The van der Waals surface area contributed by atoms with E-state index in [0.717, 1.165) is 22.6 Å². The van der Waals surface area contributed by atoms with Crippen LogP contribution in [0.5, 0.6) is 0 Å². The standard InChI is InChI=1S/C12H20BrClN2/c1-5-6-12(3,8-13)7-10-9(2)15-16(4)11(10)14/h5-8H2,1-4H3. The lowest BCUT2D eigenvalue weighted by atomic mass is 9.82. The molecule has 0 aliphatic carbocycles. The summed E-state index contributed by atoms with van der Waals surface area (Å²) in [5, 5.41) is 6.14. The molecule has 0 spiro atoms. The zero-order valence-electron chi connectivity index (χ0n) is 10.5. The largest absolute Gasteiger partial charge is 0.257 e. The van der Waals surface area contributed by atoms with E-state index in [2.05, 4.69) is 34.9 Å². The molecular weight excluding hydrogens is 288 g/mol. The Morgan fingerprint density at radius 2 is 2.12 bits per heavy atom. The molecule has 0 aliphatic rings. The van der Waals surface area contributed by atoms with E-state index >= 15 is 0 Å². The predicted octanol–water partition coefficient (Wildman–Crippen LogP) is 4.13. The molecule has 0 aromatic carbocycles. The van der Waals surface area contributed by atoms with Crippen molar-refractivity contribution in [1.29, 1.82) is 0 Å². The molecule has 1 atom stereocenters. The van der Waals surface area contributed by atoms with Gasteiger partial charge in [0.05, 0.1) is 5.69 Å². The van der Waals surface area contributed by atoms with Gasteiger partial charge >= 0.3 is 0 Å². The lowest BCUT2D eigenvalue weighted by Gasteiger charge is -2.26. The third-order valence-corrected chi connectivity index (χ3v) is 4.88. The highest BCUT2D eigenvalue weighted by molar-refractivity contribution is 9.09. The van der Waals surface area contributed by atoms with Crippen LogP contribution < -0.4 is 0 Å². The second kappa shape index (κ2) is 5.54. The Bertz CT molecular complexity index is 362. The number of rotatable bonds is 5. The third-order valence-electron chi connectivity index (χ3n) is 3.05. The van der Waals surface area contributed by atoms with Crippen LogP contribution in [0.15, 0.2) is 0 Å². The normalized spacial score (nSPS) is 15.1. The fourth-order valence-electron chi connectivity index (χ4n) is 2.11. The Morgan fingerprint density at radius 3 is 2.50 bits per heavy atom. The van der Waals surface area contributed by atoms with Crippen LogP contribution in [0.25, 0.3) is 0 Å². The van der Waals surface area contributed by atoms with Crippen LogP contribution in [0.1, 0.15) is 37.9 Å². The van der Waals surface area contributed by atoms with Crippen LogP contribution in [0, 0.1) is 12.3 Å². The van der Waals surface area contributed by atoms with Crippen molar-refractivity contribution in [2.45, 2.75) is 40.0 Å². The van der Waals surface area contributed by atoms with E-state index in [-0.39, 0.29) is 5.41 Å². The van der Waals surface area contributed by atoms with Gasteiger partial charge in [0.1, 0.15) is 5.15 Å². The summed E-state index contributed by atoms with van der Waals surface area (Å²) in [5.74, 6) is 0. The van der Waals surface area contributed by atoms with Crippen molar-refractivity contribution in [2.75, 3.05) is 5.33 Å². The molecule has 2 nitrogen and oxygen atoms in total. The lowest BCUT2D eigenvalue weighted by Crippen LogP contribution is -2.21. The highest BCUT2D eigenvalue weighted by Gasteiger charge is 2.26. The van der Waals surface area contributed by atoms with Gasteiger partial charge in [-0.2, -0.15) is 5.10 Å². The maximum absolute atomic E-state index is 6.26. The molecule has 1 aromatic heterocycles. The van der Waals surface area contributed by atoms with Crippen molar-refractivity contribution < 1.29 is 0 Å². The molecule has 0 saturated carbocycles. The number of nitrogens with zero attached hydrogens (tertiary/aromatic N) is 2. The van der Waals surface area contributed by atoms with Crippen molar-refractivity contribution in [3.05, 3.63) is 16.4 Å². The summed E-state index contributed by atoms with van der Waals surface area (Å²) in [4.78, 5) is 0. The van der Waals surface area contributed by atoms with Crippen molar-refractivity contribution >= 4 is 27.5 Å². The van der Waals surface area contributed by atoms with Gasteiger partial charge in [0.2, 0.25) is 0 Å². The molecule has 0 fully saturated rings. The van der Waals surface area contributed by atoms with E-state index in [1.807, 2.05) is 14.0 Å². The summed E-state index contributed by atoms with van der Waals surface area (Å²) in [5.41, 5.74) is 2.52. The van der Waals surface area contributed by atoms with Crippen molar-refractivity contribution in [2.24, 2.45) is 12.5 Å². The number of hydrogen-bond donors (Lipinski definition) is 0. The molecule has 0 radical (unpaired) electrons. The molecule has 1 aromatic rings. The van der Waals surface area contributed by atoms with E-state index in [1.54, 1.807) is 4.68 Å². The Morgan fingerprint density at radius 1 is 1.50 bits per heavy atom. The molecule has 0 bridgehead atoms. The fourth-order valence-corrected chi connectivity index (χ4v) is 2.83. The Hall–Kier alpha value is -0.0200. The van der Waals surface area contributed by atoms with Gasteiger partial charge in [-0.15, -0.1) is 0 Å². The van der Waals surface area contributed by atoms with Crippen LogP contribution in [-0.2, 0) is 13.5 Å². The van der Waals surface area contributed by atoms with Crippen LogP contribution in [0.2, 0.25) is 5.15 Å².